The van der Waals surface area contributed by atoms with Gasteiger partial charge in [0.15, 0.2) is 0 Å². The van der Waals surface area contributed by atoms with Crippen molar-refractivity contribution in [3.05, 3.63) is 76.3 Å². The monoisotopic (exact) mass is 421 g/mol. The second kappa shape index (κ2) is 7.10. The molecule has 30 heavy (non-hydrogen) atoms. The van der Waals surface area contributed by atoms with Crippen LogP contribution in [0.5, 0.6) is 0 Å². The molecule has 2 bridgehead atoms. The molecule has 1 heterocycles. The van der Waals surface area contributed by atoms with E-state index in [0.29, 0.717) is 16.3 Å². The number of halogens is 1. The lowest BCUT2D eigenvalue weighted by Crippen LogP contribution is -2.32. The van der Waals surface area contributed by atoms with E-state index >= 15 is 0 Å². The van der Waals surface area contributed by atoms with Crippen LogP contribution in [-0.2, 0) is 20.9 Å². The fraction of sp³-hybridized carbons (Fsp3) is 0.292. The predicted molar refractivity (Wildman–Crippen MR) is 112 cm³/mol. The van der Waals surface area contributed by atoms with Gasteiger partial charge in [0.25, 0.3) is 0 Å². The van der Waals surface area contributed by atoms with Crippen LogP contribution in [0.25, 0.3) is 0 Å². The summed E-state index contributed by atoms with van der Waals surface area (Å²) >= 11 is 5.94. The van der Waals surface area contributed by atoms with E-state index in [0.717, 1.165) is 12.0 Å². The van der Waals surface area contributed by atoms with Crippen LogP contribution in [0.2, 0.25) is 5.02 Å². The molecule has 0 aromatic heterocycles. The molecular weight excluding hydrogens is 402 g/mol. The van der Waals surface area contributed by atoms with Crippen molar-refractivity contribution in [3.63, 3.8) is 0 Å². The average Bonchev–Trinajstić information content (AvgIpc) is 3.37. The number of fused-ring (bicyclic) bond motifs is 5. The Bertz CT molecular complexity index is 1090. The van der Waals surface area contributed by atoms with Crippen molar-refractivity contribution in [2.75, 3.05) is 4.90 Å². The molecule has 5 nitrogen and oxygen atoms in total. The molecule has 2 fully saturated rings. The number of hydrogen-bond acceptors (Lipinski definition) is 4. The van der Waals surface area contributed by atoms with Gasteiger partial charge in [-0.25, -0.2) is 4.79 Å². The Morgan fingerprint density at radius 1 is 1.10 bits per heavy atom. The zero-order valence-corrected chi connectivity index (χ0v) is 17.1. The van der Waals surface area contributed by atoms with Crippen LogP contribution in [0.3, 0.4) is 0 Å². The SMILES string of the molecule is CC1=C[C@H]2C[C@H]1[C@H]1C(=O)N(c3ccc(C(=O)OCc4cccc(Cl)c4)cc3)C(=O)[C@@H]12. The molecule has 6 heteroatoms. The van der Waals surface area contributed by atoms with Gasteiger partial charge >= 0.3 is 5.97 Å². The van der Waals surface area contributed by atoms with Gasteiger partial charge in [-0.1, -0.05) is 35.4 Å². The summed E-state index contributed by atoms with van der Waals surface area (Å²) in [6, 6.07) is 13.6. The normalized spacial score (nSPS) is 26.7. The molecule has 2 aliphatic carbocycles. The molecule has 1 saturated carbocycles. The molecule has 0 radical (unpaired) electrons. The van der Waals surface area contributed by atoms with Crippen molar-refractivity contribution in [2.45, 2.75) is 20.0 Å². The lowest BCUT2D eigenvalue weighted by atomic mass is 9.82. The molecule has 3 aliphatic rings. The first kappa shape index (κ1) is 19.1. The van der Waals surface area contributed by atoms with Crippen molar-refractivity contribution >= 4 is 35.1 Å². The van der Waals surface area contributed by atoms with E-state index in [1.807, 2.05) is 13.0 Å². The summed E-state index contributed by atoms with van der Waals surface area (Å²) in [5.74, 6) is -0.859. The first-order valence-corrected chi connectivity index (χ1v) is 10.4. The van der Waals surface area contributed by atoms with Gasteiger partial charge in [0.2, 0.25) is 11.8 Å². The quantitative estimate of drug-likeness (QED) is 0.417. The summed E-state index contributed by atoms with van der Waals surface area (Å²) in [6.07, 6.45) is 3.06. The zero-order valence-electron chi connectivity index (χ0n) is 16.4. The van der Waals surface area contributed by atoms with Crippen LogP contribution < -0.4 is 4.90 Å². The third kappa shape index (κ3) is 2.96. The minimum Gasteiger partial charge on any atom is -0.457 e. The van der Waals surface area contributed by atoms with Crippen molar-refractivity contribution in [1.82, 2.24) is 0 Å². The lowest BCUT2D eigenvalue weighted by molar-refractivity contribution is -0.123. The third-order valence-corrected chi connectivity index (χ3v) is 6.74. The number of amides is 2. The van der Waals surface area contributed by atoms with Gasteiger partial charge in [0.1, 0.15) is 6.61 Å². The fourth-order valence-corrected chi connectivity index (χ4v) is 5.35. The molecule has 0 unspecified atom stereocenters. The predicted octanol–water partition coefficient (Wildman–Crippen LogP) is 4.40. The van der Waals surface area contributed by atoms with Crippen LogP contribution in [0.15, 0.2) is 60.2 Å². The topological polar surface area (TPSA) is 63.7 Å². The molecule has 1 saturated heterocycles. The standard InChI is InChI=1S/C24H20ClNO4/c1-13-9-16-11-19(13)21-20(16)22(27)26(23(21)28)18-7-5-15(6-8-18)24(29)30-12-14-3-2-4-17(25)10-14/h2-10,16,19-21H,11-12H2,1H3/t16-,19+,20+,21+/m0/s1. The smallest absolute Gasteiger partial charge is 0.338 e. The van der Waals surface area contributed by atoms with E-state index in [2.05, 4.69) is 6.08 Å². The minimum atomic E-state index is -0.477. The summed E-state index contributed by atoms with van der Waals surface area (Å²) in [7, 11) is 0. The molecule has 0 spiro atoms. The number of benzene rings is 2. The second-order valence-corrected chi connectivity index (χ2v) is 8.67. The number of imide groups is 1. The van der Waals surface area contributed by atoms with Crippen LogP contribution in [0, 0.1) is 23.7 Å². The number of rotatable bonds is 4. The molecular formula is C24H20ClNO4. The maximum Gasteiger partial charge on any atom is 0.338 e. The molecule has 152 valence electrons. The largest absolute Gasteiger partial charge is 0.457 e. The number of allylic oxidation sites excluding steroid dienone is 2. The molecule has 0 N–H and O–H groups in total. The Morgan fingerprint density at radius 3 is 2.57 bits per heavy atom. The number of carbonyl (C=O) groups is 3. The number of esters is 1. The molecule has 2 aromatic carbocycles. The molecule has 2 amide bonds. The van der Waals surface area contributed by atoms with Crippen LogP contribution in [-0.4, -0.2) is 17.8 Å². The Labute approximate surface area is 179 Å². The highest BCUT2D eigenvalue weighted by molar-refractivity contribution is 6.30. The second-order valence-electron chi connectivity index (χ2n) is 8.23. The molecule has 4 atom stereocenters. The van der Waals surface area contributed by atoms with E-state index in [4.69, 9.17) is 16.3 Å². The molecule has 2 aromatic rings. The van der Waals surface area contributed by atoms with Crippen molar-refractivity contribution < 1.29 is 19.1 Å². The highest BCUT2D eigenvalue weighted by Gasteiger charge is 2.60. The van der Waals surface area contributed by atoms with E-state index < -0.39 is 5.97 Å². The number of anilines is 1. The average molecular weight is 422 g/mol. The summed E-state index contributed by atoms with van der Waals surface area (Å²) in [6.45, 7) is 2.16. The maximum atomic E-state index is 13.0. The van der Waals surface area contributed by atoms with Gasteiger partial charge in [-0.2, -0.15) is 0 Å². The van der Waals surface area contributed by atoms with Crippen molar-refractivity contribution in [3.8, 4) is 0 Å². The Kier molecular flexibility index (Phi) is 4.51. The fourth-order valence-electron chi connectivity index (χ4n) is 5.13. The van der Waals surface area contributed by atoms with E-state index in [1.54, 1.807) is 42.5 Å². The first-order chi connectivity index (χ1) is 14.4. The maximum absolute atomic E-state index is 13.0. The Morgan fingerprint density at radius 2 is 1.83 bits per heavy atom. The summed E-state index contributed by atoms with van der Waals surface area (Å²) < 4.78 is 5.33. The van der Waals surface area contributed by atoms with Gasteiger partial charge in [-0.05, 0) is 67.1 Å². The van der Waals surface area contributed by atoms with Crippen LogP contribution >= 0.6 is 11.6 Å². The zero-order chi connectivity index (χ0) is 21.0. The van der Waals surface area contributed by atoms with Gasteiger partial charge in [-0.3, -0.25) is 14.5 Å². The first-order valence-electron chi connectivity index (χ1n) is 10.0. The Hall–Kier alpha value is -2.92. The van der Waals surface area contributed by atoms with E-state index in [1.165, 1.54) is 10.5 Å². The van der Waals surface area contributed by atoms with Crippen molar-refractivity contribution in [2.24, 2.45) is 23.7 Å². The third-order valence-electron chi connectivity index (χ3n) is 6.50. The summed E-state index contributed by atoms with van der Waals surface area (Å²) in [5, 5.41) is 0.580. The number of nitrogens with zero attached hydrogens (tertiary/aromatic N) is 1. The van der Waals surface area contributed by atoms with Gasteiger partial charge in [-0.15, -0.1) is 0 Å². The van der Waals surface area contributed by atoms with Gasteiger partial charge in [0, 0.05) is 5.02 Å². The molecule has 5 rings (SSSR count). The van der Waals surface area contributed by atoms with Gasteiger partial charge < -0.3 is 4.74 Å². The summed E-state index contributed by atoms with van der Waals surface area (Å²) in [5.41, 5.74) is 2.88. The molecule has 1 aliphatic heterocycles. The lowest BCUT2D eigenvalue weighted by Gasteiger charge is -2.19. The highest BCUT2D eigenvalue weighted by Crippen LogP contribution is 2.55. The van der Waals surface area contributed by atoms with Crippen LogP contribution in [0.1, 0.15) is 29.3 Å². The van der Waals surface area contributed by atoms with Crippen molar-refractivity contribution in [1.29, 1.82) is 0 Å². The van der Waals surface area contributed by atoms with Gasteiger partial charge in [0.05, 0.1) is 23.1 Å². The highest BCUT2D eigenvalue weighted by atomic mass is 35.5. The minimum absolute atomic E-state index is 0.114. The number of hydrogen-bond donors (Lipinski definition) is 0. The number of ether oxygens (including phenoxy) is 1. The summed E-state index contributed by atoms with van der Waals surface area (Å²) in [4.78, 5) is 39.6. The van der Waals surface area contributed by atoms with E-state index in [9.17, 15) is 14.4 Å². The van der Waals surface area contributed by atoms with E-state index in [-0.39, 0.29) is 42.1 Å². The van der Waals surface area contributed by atoms with Crippen LogP contribution in [0.4, 0.5) is 5.69 Å². The number of carbonyl (C=O) groups excluding carboxylic acids is 3. The Balaban J connectivity index is 1.29.